The Labute approximate surface area is 180 Å². The maximum Gasteiger partial charge on any atom is 0.343 e. The topological polar surface area (TPSA) is 147 Å². The molecule has 12 nitrogen and oxygen atoms in total. The lowest BCUT2D eigenvalue weighted by Gasteiger charge is -2.05. The van der Waals surface area contributed by atoms with Gasteiger partial charge in [-0.15, -0.1) is 0 Å². The molecule has 0 saturated carbocycles. The van der Waals surface area contributed by atoms with Gasteiger partial charge in [0.2, 0.25) is 5.71 Å². The minimum absolute atomic E-state index is 0.00911. The number of nitrogens with one attached hydrogen (secondary N) is 1. The summed E-state index contributed by atoms with van der Waals surface area (Å²) in [5.41, 5.74) is -1.08. The molecule has 0 amide bonds. The lowest BCUT2D eigenvalue weighted by molar-refractivity contribution is 0.0459. The molecule has 0 aliphatic carbocycles. The van der Waals surface area contributed by atoms with Gasteiger partial charge in [-0.1, -0.05) is 13.3 Å². The van der Waals surface area contributed by atoms with Gasteiger partial charge in [0, 0.05) is 20.6 Å². The third-order valence-corrected chi connectivity index (χ3v) is 5.33. The number of aryl methyl sites for hydroxylation is 4. The van der Waals surface area contributed by atoms with Gasteiger partial charge in [0.1, 0.15) is 35.5 Å². The zero-order valence-electron chi connectivity index (χ0n) is 18.1. The number of unbranched alkanes of at least 4 members (excludes halogenated alkanes) is 1. The molecule has 0 saturated heterocycles. The molecule has 4 aromatic rings. The molecular formula is C20H22N6O6. The number of hydrogen-bond acceptors (Lipinski definition) is 8. The van der Waals surface area contributed by atoms with Crippen LogP contribution in [0.3, 0.4) is 0 Å². The minimum Gasteiger partial charge on any atom is -0.454 e. The summed E-state index contributed by atoms with van der Waals surface area (Å²) < 4.78 is 14.9. The van der Waals surface area contributed by atoms with Crippen molar-refractivity contribution >= 4 is 28.2 Å². The highest BCUT2D eigenvalue weighted by molar-refractivity contribution is 6.03. The predicted octanol–water partition coefficient (Wildman–Crippen LogP) is 0.729. The molecule has 4 rings (SSSR count). The Balaban J connectivity index is 1.71. The van der Waals surface area contributed by atoms with Gasteiger partial charge in [0.25, 0.3) is 11.1 Å². The summed E-state index contributed by atoms with van der Waals surface area (Å²) in [4.78, 5) is 60.6. The number of rotatable bonds is 6. The van der Waals surface area contributed by atoms with Gasteiger partial charge < -0.3 is 18.3 Å². The lowest BCUT2D eigenvalue weighted by atomic mass is 10.2. The monoisotopic (exact) mass is 442 g/mol. The summed E-state index contributed by atoms with van der Waals surface area (Å²) >= 11 is 0. The highest BCUT2D eigenvalue weighted by Gasteiger charge is 2.25. The molecule has 0 radical (unpaired) electrons. The molecule has 0 unspecified atom stereocenters. The first-order valence-electron chi connectivity index (χ1n) is 10.0. The fraction of sp³-hybridized carbons (Fsp3) is 0.400. The molecular weight excluding hydrogens is 420 g/mol. The summed E-state index contributed by atoms with van der Waals surface area (Å²) in [6, 6.07) is 0. The van der Waals surface area contributed by atoms with Crippen molar-refractivity contribution in [1.29, 1.82) is 0 Å². The third kappa shape index (κ3) is 3.33. The fourth-order valence-corrected chi connectivity index (χ4v) is 3.58. The van der Waals surface area contributed by atoms with Crippen LogP contribution in [0.5, 0.6) is 0 Å². The van der Waals surface area contributed by atoms with Crippen LogP contribution in [0, 0.1) is 6.92 Å². The van der Waals surface area contributed by atoms with E-state index in [-0.39, 0.29) is 46.0 Å². The van der Waals surface area contributed by atoms with Crippen molar-refractivity contribution < 1.29 is 13.9 Å². The summed E-state index contributed by atoms with van der Waals surface area (Å²) in [5.74, 6) is -0.308. The molecule has 12 heteroatoms. The van der Waals surface area contributed by atoms with Gasteiger partial charge in [-0.25, -0.2) is 19.6 Å². The quantitative estimate of drug-likeness (QED) is 0.430. The van der Waals surface area contributed by atoms with E-state index in [0.29, 0.717) is 6.54 Å². The number of furan rings is 1. The van der Waals surface area contributed by atoms with Crippen LogP contribution in [0.2, 0.25) is 0 Å². The first-order chi connectivity index (χ1) is 15.2. The average Bonchev–Trinajstić information content (AvgIpc) is 3.26. The van der Waals surface area contributed by atoms with E-state index in [1.807, 2.05) is 6.92 Å². The molecule has 0 aliphatic heterocycles. The molecule has 4 aromatic heterocycles. The van der Waals surface area contributed by atoms with Gasteiger partial charge in [-0.05, 0) is 13.3 Å². The number of aromatic nitrogens is 6. The minimum atomic E-state index is -0.782. The van der Waals surface area contributed by atoms with E-state index in [0.717, 1.165) is 12.8 Å². The van der Waals surface area contributed by atoms with E-state index >= 15 is 0 Å². The highest BCUT2D eigenvalue weighted by Crippen LogP contribution is 2.22. The number of carbonyl (C=O) groups excluding carboxylic acids is 1. The molecule has 32 heavy (non-hydrogen) atoms. The van der Waals surface area contributed by atoms with E-state index in [2.05, 4.69) is 15.0 Å². The second kappa shape index (κ2) is 7.94. The Morgan fingerprint density at radius 2 is 2.00 bits per heavy atom. The molecule has 0 fully saturated rings. The van der Waals surface area contributed by atoms with E-state index < -0.39 is 22.8 Å². The van der Waals surface area contributed by atoms with Gasteiger partial charge in [0.05, 0.1) is 0 Å². The normalized spacial score (nSPS) is 11.5. The van der Waals surface area contributed by atoms with Crippen molar-refractivity contribution in [3.05, 3.63) is 54.7 Å². The first kappa shape index (κ1) is 21.3. The Bertz CT molecular complexity index is 1530. The van der Waals surface area contributed by atoms with E-state index in [1.165, 1.54) is 27.1 Å². The average molecular weight is 442 g/mol. The second-order valence-corrected chi connectivity index (χ2v) is 7.47. The smallest absolute Gasteiger partial charge is 0.343 e. The van der Waals surface area contributed by atoms with E-state index in [1.54, 1.807) is 14.0 Å². The summed E-state index contributed by atoms with van der Waals surface area (Å²) in [5, 5.41) is 0.0346. The lowest BCUT2D eigenvalue weighted by Crippen LogP contribution is -2.31. The first-order valence-corrected chi connectivity index (χ1v) is 10.0. The van der Waals surface area contributed by atoms with E-state index in [4.69, 9.17) is 9.15 Å². The van der Waals surface area contributed by atoms with Crippen LogP contribution in [0.15, 0.2) is 25.1 Å². The number of fused-ring (bicyclic) bond motifs is 2. The predicted molar refractivity (Wildman–Crippen MR) is 114 cm³/mol. The Kier molecular flexibility index (Phi) is 5.28. The second-order valence-electron chi connectivity index (χ2n) is 7.47. The van der Waals surface area contributed by atoms with Crippen molar-refractivity contribution in [2.75, 3.05) is 0 Å². The molecule has 0 bridgehead atoms. The third-order valence-electron chi connectivity index (χ3n) is 5.33. The van der Waals surface area contributed by atoms with Crippen LogP contribution in [0.1, 0.15) is 41.7 Å². The van der Waals surface area contributed by atoms with Crippen LogP contribution in [-0.2, 0) is 32.0 Å². The van der Waals surface area contributed by atoms with Gasteiger partial charge >= 0.3 is 11.7 Å². The number of aromatic amines is 1. The summed E-state index contributed by atoms with van der Waals surface area (Å²) in [6.45, 7) is 3.65. The van der Waals surface area contributed by atoms with Crippen LogP contribution < -0.4 is 16.8 Å². The Morgan fingerprint density at radius 3 is 2.72 bits per heavy atom. The molecule has 0 aliphatic rings. The van der Waals surface area contributed by atoms with Gasteiger partial charge in [0.15, 0.2) is 11.2 Å². The standard InChI is InChI=1S/C20H22N6O6/c1-5-6-7-26-15-14(16(27)23-20(26)30)25(4)11(22-15)8-31-19(29)12-10(2)32-17-13(12)18(28)24(3)9-21-17/h9H,5-8H2,1-4H3,(H,23,27,30). The fourth-order valence-electron chi connectivity index (χ4n) is 3.58. The largest absolute Gasteiger partial charge is 0.454 e. The van der Waals surface area contributed by atoms with Crippen LogP contribution in [-0.4, -0.2) is 34.6 Å². The maximum atomic E-state index is 12.8. The highest BCUT2D eigenvalue weighted by atomic mass is 16.5. The van der Waals surface area contributed by atoms with Crippen molar-refractivity contribution in [2.24, 2.45) is 14.1 Å². The number of nitrogens with zero attached hydrogens (tertiary/aromatic N) is 5. The maximum absolute atomic E-state index is 12.8. The number of H-pyrrole nitrogens is 1. The van der Waals surface area contributed by atoms with Crippen LogP contribution >= 0.6 is 0 Å². The number of esters is 1. The molecule has 0 spiro atoms. The van der Waals surface area contributed by atoms with Gasteiger partial charge in [-0.3, -0.25) is 19.1 Å². The van der Waals surface area contributed by atoms with Crippen molar-refractivity contribution in [3.63, 3.8) is 0 Å². The summed E-state index contributed by atoms with van der Waals surface area (Å²) in [7, 11) is 3.11. The molecule has 4 heterocycles. The number of carbonyl (C=O) groups is 1. The van der Waals surface area contributed by atoms with Crippen molar-refractivity contribution in [2.45, 2.75) is 39.8 Å². The van der Waals surface area contributed by atoms with Gasteiger partial charge in [-0.2, -0.15) is 0 Å². The Hall–Kier alpha value is -3.96. The zero-order chi connectivity index (χ0) is 23.2. The van der Waals surface area contributed by atoms with Crippen molar-refractivity contribution in [3.8, 4) is 0 Å². The molecule has 1 N–H and O–H groups in total. The van der Waals surface area contributed by atoms with E-state index in [9.17, 15) is 19.2 Å². The number of imidazole rings is 1. The van der Waals surface area contributed by atoms with Crippen LogP contribution in [0.25, 0.3) is 22.3 Å². The van der Waals surface area contributed by atoms with Crippen molar-refractivity contribution in [1.82, 2.24) is 28.7 Å². The molecule has 0 atom stereocenters. The number of ether oxygens (including phenoxy) is 1. The number of hydrogen-bond donors (Lipinski definition) is 1. The van der Waals surface area contributed by atoms with Crippen LogP contribution in [0.4, 0.5) is 0 Å². The zero-order valence-corrected chi connectivity index (χ0v) is 18.1. The Morgan fingerprint density at radius 1 is 1.25 bits per heavy atom. The summed E-state index contributed by atoms with van der Waals surface area (Å²) in [6.07, 6.45) is 2.90. The SMILES string of the molecule is CCCCn1c(=O)[nH]c(=O)c2c1nc(COC(=O)c1c(C)oc3ncn(C)c(=O)c13)n2C. The molecule has 168 valence electrons. The molecule has 0 aromatic carbocycles.